The number of H-pyrrole nitrogens is 1. The van der Waals surface area contributed by atoms with E-state index in [2.05, 4.69) is 39.1 Å². The SMILES string of the molecule is Cc1nc2ccc(-c3ccc4c(c3)CN(C(=O)N3C5CCC3CC(CF)C5)CCO4)cc2[nH]1. The second kappa shape index (κ2) is 8.04. The molecule has 172 valence electrons. The molecule has 33 heavy (non-hydrogen) atoms. The number of alkyl halides is 1. The number of imidazole rings is 1. The molecule has 0 radical (unpaired) electrons. The molecule has 6 rings (SSSR count). The van der Waals surface area contributed by atoms with E-state index in [4.69, 9.17) is 4.74 Å². The summed E-state index contributed by atoms with van der Waals surface area (Å²) in [7, 11) is 0. The van der Waals surface area contributed by atoms with Crippen molar-refractivity contribution in [2.24, 2.45) is 5.92 Å². The first-order valence-corrected chi connectivity index (χ1v) is 11.9. The first-order chi connectivity index (χ1) is 16.1. The molecule has 6 nitrogen and oxygen atoms in total. The van der Waals surface area contributed by atoms with Crippen molar-refractivity contribution in [3.8, 4) is 16.9 Å². The van der Waals surface area contributed by atoms with Crippen LogP contribution >= 0.6 is 0 Å². The van der Waals surface area contributed by atoms with E-state index in [0.29, 0.717) is 19.7 Å². The Balaban J connectivity index is 1.26. The number of carbonyl (C=O) groups is 1. The molecule has 2 amide bonds. The Kier molecular flexibility index (Phi) is 5.00. The van der Waals surface area contributed by atoms with Crippen LogP contribution in [0.4, 0.5) is 9.18 Å². The summed E-state index contributed by atoms with van der Waals surface area (Å²) in [5.74, 6) is 1.85. The zero-order valence-corrected chi connectivity index (χ0v) is 18.9. The average Bonchev–Trinajstić information content (AvgIpc) is 3.22. The molecule has 2 saturated heterocycles. The Morgan fingerprint density at radius 2 is 1.91 bits per heavy atom. The number of aryl methyl sites for hydroxylation is 1. The topological polar surface area (TPSA) is 61.5 Å². The van der Waals surface area contributed by atoms with Crippen LogP contribution in [-0.4, -0.2) is 57.7 Å². The monoisotopic (exact) mass is 448 g/mol. The average molecular weight is 449 g/mol. The summed E-state index contributed by atoms with van der Waals surface area (Å²) in [6, 6.07) is 12.9. The van der Waals surface area contributed by atoms with Gasteiger partial charge in [-0.05, 0) is 73.9 Å². The number of amides is 2. The minimum Gasteiger partial charge on any atom is -0.491 e. The number of nitrogens with one attached hydrogen (secondary N) is 1. The van der Waals surface area contributed by atoms with Gasteiger partial charge in [0.1, 0.15) is 18.2 Å². The molecule has 2 unspecified atom stereocenters. The van der Waals surface area contributed by atoms with Gasteiger partial charge in [0, 0.05) is 17.6 Å². The molecular formula is C26H29FN4O2. The summed E-state index contributed by atoms with van der Waals surface area (Å²) in [4.78, 5) is 25.3. The van der Waals surface area contributed by atoms with E-state index in [1.54, 1.807) is 0 Å². The first kappa shape index (κ1) is 20.5. The molecule has 1 N–H and O–H groups in total. The van der Waals surface area contributed by atoms with Crippen LogP contribution in [0.15, 0.2) is 36.4 Å². The van der Waals surface area contributed by atoms with Crippen molar-refractivity contribution >= 4 is 17.1 Å². The highest BCUT2D eigenvalue weighted by Gasteiger charge is 2.44. The van der Waals surface area contributed by atoms with Crippen LogP contribution in [0.5, 0.6) is 5.75 Å². The molecule has 3 aliphatic rings. The lowest BCUT2D eigenvalue weighted by Crippen LogP contribution is -2.52. The second-order valence-electron chi connectivity index (χ2n) is 9.71. The van der Waals surface area contributed by atoms with Crippen LogP contribution in [0.2, 0.25) is 0 Å². The predicted molar refractivity (Wildman–Crippen MR) is 125 cm³/mol. The van der Waals surface area contributed by atoms with Gasteiger partial charge in [-0.3, -0.25) is 4.39 Å². The molecule has 7 heteroatoms. The van der Waals surface area contributed by atoms with Crippen molar-refractivity contribution < 1.29 is 13.9 Å². The highest BCUT2D eigenvalue weighted by atomic mass is 19.1. The van der Waals surface area contributed by atoms with Gasteiger partial charge in [-0.2, -0.15) is 0 Å². The Labute approximate surface area is 192 Å². The van der Waals surface area contributed by atoms with Gasteiger partial charge in [0.2, 0.25) is 0 Å². The van der Waals surface area contributed by atoms with Crippen molar-refractivity contribution in [1.29, 1.82) is 0 Å². The number of aromatic nitrogens is 2. The smallest absolute Gasteiger partial charge is 0.320 e. The molecule has 2 bridgehead atoms. The van der Waals surface area contributed by atoms with Crippen molar-refractivity contribution in [2.75, 3.05) is 19.8 Å². The predicted octanol–water partition coefficient (Wildman–Crippen LogP) is 5.07. The lowest BCUT2D eigenvalue weighted by atomic mass is 9.92. The summed E-state index contributed by atoms with van der Waals surface area (Å²) >= 11 is 0. The van der Waals surface area contributed by atoms with Gasteiger partial charge in [0.15, 0.2) is 0 Å². The fourth-order valence-corrected chi connectivity index (χ4v) is 5.95. The maximum absolute atomic E-state index is 13.6. The van der Waals surface area contributed by atoms with Crippen LogP contribution in [0, 0.1) is 12.8 Å². The number of hydrogen-bond donors (Lipinski definition) is 1. The molecule has 2 aromatic carbocycles. The molecule has 0 aliphatic carbocycles. The Morgan fingerprint density at radius 3 is 2.70 bits per heavy atom. The summed E-state index contributed by atoms with van der Waals surface area (Å²) in [6.45, 7) is 3.25. The number of nitrogens with zero attached hydrogens (tertiary/aromatic N) is 3. The van der Waals surface area contributed by atoms with E-state index in [1.807, 2.05) is 24.0 Å². The Hall–Kier alpha value is -3.09. The minimum atomic E-state index is -0.271. The van der Waals surface area contributed by atoms with Crippen molar-refractivity contribution in [3.05, 3.63) is 47.8 Å². The zero-order chi connectivity index (χ0) is 22.5. The number of urea groups is 1. The van der Waals surface area contributed by atoms with Gasteiger partial charge in [-0.25, -0.2) is 9.78 Å². The standard InChI is InChI=1S/C26H29FN4O2/c1-16-28-23-6-2-19(13-24(23)29-16)18-3-7-25-20(12-18)15-30(8-9-33-25)26(32)31-21-4-5-22(31)11-17(10-21)14-27/h2-3,6-7,12-13,17,21-22H,4-5,8-11,14-15H2,1H3,(H,28,29). The number of carbonyl (C=O) groups excluding carboxylic acids is 1. The molecule has 3 aliphatic heterocycles. The largest absolute Gasteiger partial charge is 0.491 e. The molecule has 2 atom stereocenters. The maximum Gasteiger partial charge on any atom is 0.320 e. The highest BCUT2D eigenvalue weighted by Crippen LogP contribution is 2.40. The number of halogens is 1. The zero-order valence-electron chi connectivity index (χ0n) is 18.9. The van der Waals surface area contributed by atoms with Crippen LogP contribution in [-0.2, 0) is 6.54 Å². The van der Waals surface area contributed by atoms with Gasteiger partial charge in [-0.1, -0.05) is 12.1 Å². The third-order valence-electron chi connectivity index (χ3n) is 7.51. The number of aromatic amines is 1. The minimum absolute atomic E-state index is 0.0796. The molecule has 2 fully saturated rings. The number of piperidine rings is 1. The van der Waals surface area contributed by atoms with Gasteiger partial charge in [0.25, 0.3) is 0 Å². The molecule has 3 aromatic rings. The van der Waals surface area contributed by atoms with E-state index in [-0.39, 0.29) is 30.7 Å². The third-order valence-corrected chi connectivity index (χ3v) is 7.51. The second-order valence-corrected chi connectivity index (χ2v) is 9.71. The van der Waals surface area contributed by atoms with Gasteiger partial charge < -0.3 is 19.5 Å². The highest BCUT2D eigenvalue weighted by molar-refractivity contribution is 5.82. The van der Waals surface area contributed by atoms with E-state index in [1.165, 1.54) is 0 Å². The number of rotatable bonds is 2. The number of ether oxygens (including phenoxy) is 1. The van der Waals surface area contributed by atoms with Gasteiger partial charge >= 0.3 is 6.03 Å². The lowest BCUT2D eigenvalue weighted by molar-refractivity contribution is 0.0832. The molecule has 0 spiro atoms. The van der Waals surface area contributed by atoms with Crippen LogP contribution in [0.3, 0.4) is 0 Å². The van der Waals surface area contributed by atoms with Crippen LogP contribution in [0.1, 0.15) is 37.1 Å². The van der Waals surface area contributed by atoms with Crippen LogP contribution < -0.4 is 4.74 Å². The summed E-state index contributed by atoms with van der Waals surface area (Å²) in [6.07, 6.45) is 3.57. The van der Waals surface area contributed by atoms with E-state index >= 15 is 0 Å². The molecule has 1 aromatic heterocycles. The first-order valence-electron chi connectivity index (χ1n) is 11.9. The van der Waals surface area contributed by atoms with E-state index in [0.717, 1.165) is 65.0 Å². The summed E-state index contributed by atoms with van der Waals surface area (Å²) in [5, 5.41) is 0. The van der Waals surface area contributed by atoms with Gasteiger partial charge in [0.05, 0.1) is 30.8 Å². The summed E-state index contributed by atoms with van der Waals surface area (Å²) in [5.41, 5.74) is 5.18. The molecular weight excluding hydrogens is 419 g/mol. The Morgan fingerprint density at radius 1 is 1.15 bits per heavy atom. The molecule has 0 saturated carbocycles. The Bertz CT molecular complexity index is 1190. The number of benzene rings is 2. The van der Waals surface area contributed by atoms with Crippen molar-refractivity contribution in [1.82, 2.24) is 19.8 Å². The fourth-order valence-electron chi connectivity index (χ4n) is 5.95. The molecule has 4 heterocycles. The van der Waals surface area contributed by atoms with E-state index in [9.17, 15) is 9.18 Å². The fraction of sp³-hybridized carbons (Fsp3) is 0.462. The quantitative estimate of drug-likeness (QED) is 0.596. The maximum atomic E-state index is 13.6. The van der Waals surface area contributed by atoms with E-state index < -0.39 is 0 Å². The summed E-state index contributed by atoms with van der Waals surface area (Å²) < 4.78 is 19.3. The van der Waals surface area contributed by atoms with Crippen molar-refractivity contribution in [2.45, 2.75) is 51.2 Å². The normalized spacial score (nSPS) is 24.5. The number of hydrogen-bond acceptors (Lipinski definition) is 3. The van der Waals surface area contributed by atoms with Crippen LogP contribution in [0.25, 0.3) is 22.2 Å². The van der Waals surface area contributed by atoms with Crippen molar-refractivity contribution in [3.63, 3.8) is 0 Å². The third kappa shape index (κ3) is 3.63. The lowest BCUT2D eigenvalue weighted by Gasteiger charge is -2.40. The number of fused-ring (bicyclic) bond motifs is 4. The van der Waals surface area contributed by atoms with Gasteiger partial charge in [-0.15, -0.1) is 0 Å².